The summed E-state index contributed by atoms with van der Waals surface area (Å²) in [6.07, 6.45) is -0.649. The number of thiazole rings is 1. The first-order valence-electron chi connectivity index (χ1n) is 7.67. The number of aliphatic hydroxyl groups excluding tert-OH is 1. The number of carbonyl (C=O) groups is 1. The molecule has 0 aliphatic carbocycles. The van der Waals surface area contributed by atoms with Crippen LogP contribution in [0.25, 0.3) is 10.6 Å². The second-order valence-electron chi connectivity index (χ2n) is 5.52. The average Bonchev–Trinajstić information content (AvgIpc) is 2.98. The summed E-state index contributed by atoms with van der Waals surface area (Å²) in [5.74, 6) is -0.208. The molecule has 122 valence electrons. The van der Waals surface area contributed by atoms with E-state index in [0.29, 0.717) is 21.8 Å². The van der Waals surface area contributed by atoms with Crippen LogP contribution in [0.4, 0.5) is 5.69 Å². The number of nitrogens with zero attached hydrogens (tertiary/aromatic N) is 1. The van der Waals surface area contributed by atoms with E-state index in [1.807, 2.05) is 49.4 Å². The van der Waals surface area contributed by atoms with Gasteiger partial charge in [0.25, 0.3) is 5.91 Å². The van der Waals surface area contributed by atoms with Crippen LogP contribution in [-0.2, 0) is 0 Å². The number of aromatic nitrogens is 1. The number of amides is 1. The van der Waals surface area contributed by atoms with Gasteiger partial charge in [0.2, 0.25) is 0 Å². The number of aryl methyl sites for hydroxylation is 1. The van der Waals surface area contributed by atoms with Crippen LogP contribution in [0, 0.1) is 6.92 Å². The SMILES string of the molecule is Cc1nc(-c2ccccc2)sc1C(=O)Nc1ccccc1C(C)O. The van der Waals surface area contributed by atoms with Crippen LogP contribution in [0.5, 0.6) is 0 Å². The maximum atomic E-state index is 12.6. The van der Waals surface area contributed by atoms with Crippen molar-refractivity contribution < 1.29 is 9.90 Å². The minimum Gasteiger partial charge on any atom is -0.389 e. The Balaban J connectivity index is 1.88. The third kappa shape index (κ3) is 3.37. The minimum absolute atomic E-state index is 0.208. The van der Waals surface area contributed by atoms with Crippen molar-refractivity contribution in [2.45, 2.75) is 20.0 Å². The molecular formula is C19H18N2O2S. The highest BCUT2D eigenvalue weighted by atomic mass is 32.1. The number of rotatable bonds is 4. The third-order valence-electron chi connectivity index (χ3n) is 3.68. The predicted octanol–water partition coefficient (Wildman–Crippen LogP) is 4.42. The molecule has 4 nitrogen and oxygen atoms in total. The van der Waals surface area contributed by atoms with E-state index in [1.54, 1.807) is 19.1 Å². The maximum Gasteiger partial charge on any atom is 0.267 e. The Hall–Kier alpha value is -2.50. The van der Waals surface area contributed by atoms with Crippen LogP contribution in [0.15, 0.2) is 54.6 Å². The van der Waals surface area contributed by atoms with Gasteiger partial charge in [-0.3, -0.25) is 4.79 Å². The molecule has 0 radical (unpaired) electrons. The molecule has 0 aliphatic rings. The molecule has 1 amide bonds. The zero-order chi connectivity index (χ0) is 17.1. The van der Waals surface area contributed by atoms with E-state index in [9.17, 15) is 9.90 Å². The van der Waals surface area contributed by atoms with Crippen LogP contribution < -0.4 is 5.32 Å². The van der Waals surface area contributed by atoms with Gasteiger partial charge in [0.15, 0.2) is 0 Å². The van der Waals surface area contributed by atoms with E-state index in [-0.39, 0.29) is 5.91 Å². The van der Waals surface area contributed by atoms with Gasteiger partial charge in [-0.1, -0.05) is 48.5 Å². The number of hydrogen-bond acceptors (Lipinski definition) is 4. The maximum absolute atomic E-state index is 12.6. The summed E-state index contributed by atoms with van der Waals surface area (Å²) >= 11 is 1.37. The summed E-state index contributed by atoms with van der Waals surface area (Å²) in [5, 5.41) is 13.5. The first-order chi connectivity index (χ1) is 11.6. The molecule has 0 fully saturated rings. The van der Waals surface area contributed by atoms with Gasteiger partial charge in [0.1, 0.15) is 9.88 Å². The fourth-order valence-corrected chi connectivity index (χ4v) is 3.43. The molecule has 0 bridgehead atoms. The number of nitrogens with one attached hydrogen (secondary N) is 1. The molecule has 2 N–H and O–H groups in total. The summed E-state index contributed by atoms with van der Waals surface area (Å²) in [6, 6.07) is 17.1. The lowest BCUT2D eigenvalue weighted by atomic mass is 10.1. The van der Waals surface area contributed by atoms with Crippen molar-refractivity contribution in [3.63, 3.8) is 0 Å². The predicted molar refractivity (Wildman–Crippen MR) is 97.3 cm³/mol. The molecule has 0 aliphatic heterocycles. The molecule has 1 atom stereocenters. The molecule has 0 saturated carbocycles. The first kappa shape index (κ1) is 16.4. The molecular weight excluding hydrogens is 320 g/mol. The molecule has 5 heteroatoms. The van der Waals surface area contributed by atoms with Crippen molar-refractivity contribution in [3.05, 3.63) is 70.7 Å². The summed E-state index contributed by atoms with van der Waals surface area (Å²) < 4.78 is 0. The van der Waals surface area contributed by atoms with Gasteiger partial charge in [-0.05, 0) is 19.9 Å². The van der Waals surface area contributed by atoms with Crippen LogP contribution in [0.2, 0.25) is 0 Å². The van der Waals surface area contributed by atoms with E-state index in [1.165, 1.54) is 11.3 Å². The lowest BCUT2D eigenvalue weighted by molar-refractivity contribution is 0.102. The van der Waals surface area contributed by atoms with E-state index in [2.05, 4.69) is 10.3 Å². The average molecular weight is 338 g/mol. The van der Waals surface area contributed by atoms with Crippen LogP contribution in [0.1, 0.15) is 34.0 Å². The van der Waals surface area contributed by atoms with Crippen LogP contribution in [0.3, 0.4) is 0 Å². The summed E-state index contributed by atoms with van der Waals surface area (Å²) in [5.41, 5.74) is 3.00. The van der Waals surface area contributed by atoms with E-state index in [0.717, 1.165) is 10.6 Å². The molecule has 1 heterocycles. The highest BCUT2D eigenvalue weighted by Crippen LogP contribution is 2.29. The number of benzene rings is 2. The summed E-state index contributed by atoms with van der Waals surface area (Å²) in [7, 11) is 0. The standard InChI is InChI=1S/C19H18N2O2S/c1-12-17(24-19(20-12)14-8-4-3-5-9-14)18(23)21-16-11-7-6-10-15(16)13(2)22/h3-11,13,22H,1-2H3,(H,21,23). The first-order valence-corrected chi connectivity index (χ1v) is 8.49. The number of hydrogen-bond donors (Lipinski definition) is 2. The summed E-state index contributed by atoms with van der Waals surface area (Å²) in [4.78, 5) is 17.7. The van der Waals surface area contributed by atoms with Crippen molar-refractivity contribution in [2.24, 2.45) is 0 Å². The van der Waals surface area contributed by atoms with Crippen LogP contribution in [-0.4, -0.2) is 16.0 Å². The normalized spacial score (nSPS) is 12.0. The molecule has 0 spiro atoms. The summed E-state index contributed by atoms with van der Waals surface area (Å²) in [6.45, 7) is 3.51. The highest BCUT2D eigenvalue weighted by molar-refractivity contribution is 7.17. The van der Waals surface area contributed by atoms with Gasteiger partial charge in [-0.15, -0.1) is 11.3 Å². The Morgan fingerprint density at radius 2 is 1.79 bits per heavy atom. The van der Waals surface area contributed by atoms with E-state index >= 15 is 0 Å². The molecule has 2 aromatic carbocycles. The molecule has 24 heavy (non-hydrogen) atoms. The quantitative estimate of drug-likeness (QED) is 0.740. The Labute approximate surface area is 144 Å². The highest BCUT2D eigenvalue weighted by Gasteiger charge is 2.18. The van der Waals surface area contributed by atoms with Crippen molar-refractivity contribution in [3.8, 4) is 10.6 Å². The molecule has 3 rings (SSSR count). The molecule has 3 aromatic rings. The Bertz CT molecular complexity index is 857. The van der Waals surface area contributed by atoms with Crippen molar-refractivity contribution in [2.75, 3.05) is 5.32 Å². The smallest absolute Gasteiger partial charge is 0.267 e. The third-order valence-corrected chi connectivity index (χ3v) is 4.89. The number of para-hydroxylation sites is 1. The van der Waals surface area contributed by atoms with Crippen molar-refractivity contribution >= 4 is 22.9 Å². The fraction of sp³-hybridized carbons (Fsp3) is 0.158. The lowest BCUT2D eigenvalue weighted by Crippen LogP contribution is -2.13. The van der Waals surface area contributed by atoms with Gasteiger partial charge in [0, 0.05) is 16.8 Å². The van der Waals surface area contributed by atoms with Crippen molar-refractivity contribution in [1.82, 2.24) is 4.98 Å². The second-order valence-corrected chi connectivity index (χ2v) is 6.52. The molecule has 1 unspecified atom stereocenters. The molecule has 0 saturated heterocycles. The van der Waals surface area contributed by atoms with Gasteiger partial charge in [-0.2, -0.15) is 0 Å². The van der Waals surface area contributed by atoms with E-state index < -0.39 is 6.10 Å². The van der Waals surface area contributed by atoms with Gasteiger partial charge in [-0.25, -0.2) is 4.98 Å². The topological polar surface area (TPSA) is 62.2 Å². The number of anilines is 1. The Morgan fingerprint density at radius 1 is 1.12 bits per heavy atom. The number of carbonyl (C=O) groups excluding carboxylic acids is 1. The number of aliphatic hydroxyl groups is 1. The fourth-order valence-electron chi connectivity index (χ4n) is 2.47. The Morgan fingerprint density at radius 3 is 2.50 bits per heavy atom. The monoisotopic (exact) mass is 338 g/mol. The van der Waals surface area contributed by atoms with Gasteiger partial charge >= 0.3 is 0 Å². The van der Waals surface area contributed by atoms with Crippen molar-refractivity contribution in [1.29, 1.82) is 0 Å². The van der Waals surface area contributed by atoms with E-state index in [4.69, 9.17) is 0 Å². The van der Waals surface area contributed by atoms with Gasteiger partial charge < -0.3 is 10.4 Å². The Kier molecular flexibility index (Phi) is 4.74. The van der Waals surface area contributed by atoms with Gasteiger partial charge in [0.05, 0.1) is 11.8 Å². The second kappa shape index (κ2) is 6.95. The lowest BCUT2D eigenvalue weighted by Gasteiger charge is -2.12. The van der Waals surface area contributed by atoms with Crippen LogP contribution >= 0.6 is 11.3 Å². The zero-order valence-electron chi connectivity index (χ0n) is 13.5. The molecule has 1 aromatic heterocycles. The zero-order valence-corrected chi connectivity index (χ0v) is 14.3. The minimum atomic E-state index is -0.649. The largest absolute Gasteiger partial charge is 0.389 e.